The Kier molecular flexibility index (Phi) is 29.8. The molecule has 8 nitrogen and oxygen atoms in total. The van der Waals surface area contributed by atoms with Crippen molar-refractivity contribution in [2.45, 2.75) is 148 Å². The molecular formula is C40H70NO7+. The summed E-state index contributed by atoms with van der Waals surface area (Å²) < 4.78 is 17.1. The summed E-state index contributed by atoms with van der Waals surface area (Å²) in [6, 6.07) is -0.620. The van der Waals surface area contributed by atoms with E-state index in [0.717, 1.165) is 57.8 Å². The van der Waals surface area contributed by atoms with Crippen LogP contribution in [0.3, 0.4) is 0 Å². The van der Waals surface area contributed by atoms with Crippen LogP contribution < -0.4 is 0 Å². The lowest BCUT2D eigenvalue weighted by Gasteiger charge is -2.31. The van der Waals surface area contributed by atoms with E-state index in [4.69, 9.17) is 14.2 Å². The van der Waals surface area contributed by atoms with Crippen LogP contribution >= 0.6 is 0 Å². The second-order valence-corrected chi connectivity index (χ2v) is 13.5. The molecule has 0 amide bonds. The summed E-state index contributed by atoms with van der Waals surface area (Å²) in [5.41, 5.74) is 0. The number of hydrogen-bond donors (Lipinski definition) is 1. The van der Waals surface area contributed by atoms with Crippen LogP contribution in [0, 0.1) is 0 Å². The molecule has 48 heavy (non-hydrogen) atoms. The molecule has 0 saturated carbocycles. The number of esters is 2. The van der Waals surface area contributed by atoms with Crippen LogP contribution in [-0.4, -0.2) is 80.6 Å². The van der Waals surface area contributed by atoms with E-state index >= 15 is 0 Å². The van der Waals surface area contributed by atoms with Crippen molar-refractivity contribution < 1.29 is 38.2 Å². The van der Waals surface area contributed by atoms with Gasteiger partial charge in [-0.25, -0.2) is 4.79 Å². The summed E-state index contributed by atoms with van der Waals surface area (Å²) >= 11 is 0. The van der Waals surface area contributed by atoms with Crippen LogP contribution in [0.4, 0.5) is 0 Å². The molecule has 1 N–H and O–H groups in total. The van der Waals surface area contributed by atoms with E-state index < -0.39 is 18.1 Å². The highest BCUT2D eigenvalue weighted by Crippen LogP contribution is 2.12. The number of carboxylic acids is 1. The molecule has 0 aromatic carbocycles. The van der Waals surface area contributed by atoms with E-state index in [1.54, 1.807) is 0 Å². The van der Waals surface area contributed by atoms with Gasteiger partial charge in [0, 0.05) is 19.3 Å². The third-order valence-electron chi connectivity index (χ3n) is 7.99. The Morgan fingerprint density at radius 1 is 0.646 bits per heavy atom. The first-order valence-electron chi connectivity index (χ1n) is 18.7. The van der Waals surface area contributed by atoms with Crippen molar-refractivity contribution in [1.29, 1.82) is 0 Å². The van der Waals surface area contributed by atoms with Gasteiger partial charge in [0.05, 0.1) is 34.4 Å². The van der Waals surface area contributed by atoms with E-state index in [1.807, 2.05) is 21.1 Å². The van der Waals surface area contributed by atoms with Crippen LogP contribution in [0.2, 0.25) is 0 Å². The van der Waals surface area contributed by atoms with Gasteiger partial charge in [-0.2, -0.15) is 0 Å². The number of unbranched alkanes of at least 4 members (excludes halogenated alkanes) is 10. The summed E-state index contributed by atoms with van der Waals surface area (Å²) in [6.07, 6.45) is 34.4. The zero-order valence-electron chi connectivity index (χ0n) is 31.2. The minimum absolute atomic E-state index is 0.0441. The Hall–Kier alpha value is -2.71. The maximum atomic E-state index is 12.6. The summed E-state index contributed by atoms with van der Waals surface area (Å²) in [5.74, 6) is -1.53. The van der Waals surface area contributed by atoms with Gasteiger partial charge < -0.3 is 23.8 Å². The topological polar surface area (TPSA) is 99.1 Å². The Morgan fingerprint density at radius 2 is 1.17 bits per heavy atom. The van der Waals surface area contributed by atoms with Crippen LogP contribution in [0.15, 0.2) is 48.6 Å². The van der Waals surface area contributed by atoms with Gasteiger partial charge in [-0.05, 0) is 51.4 Å². The third-order valence-corrected chi connectivity index (χ3v) is 7.99. The highest BCUT2D eigenvalue weighted by Gasteiger charge is 2.31. The molecule has 0 radical (unpaired) electrons. The van der Waals surface area contributed by atoms with E-state index in [2.05, 4.69) is 62.5 Å². The molecule has 0 saturated heterocycles. The molecule has 2 atom stereocenters. The molecule has 0 aliphatic rings. The summed E-state index contributed by atoms with van der Waals surface area (Å²) in [5, 5.41) is 9.57. The summed E-state index contributed by atoms with van der Waals surface area (Å²) in [6.45, 7) is 4.53. The summed E-state index contributed by atoms with van der Waals surface area (Å²) in [7, 11) is 5.49. The van der Waals surface area contributed by atoms with Gasteiger partial charge in [-0.3, -0.25) is 9.59 Å². The lowest BCUT2D eigenvalue weighted by molar-refractivity contribution is -0.887. The minimum Gasteiger partial charge on any atom is -0.477 e. The molecule has 0 aliphatic carbocycles. The molecule has 2 unspecified atom stereocenters. The highest BCUT2D eigenvalue weighted by atomic mass is 16.6. The van der Waals surface area contributed by atoms with Gasteiger partial charge in [-0.15, -0.1) is 0 Å². The molecule has 8 heteroatoms. The zero-order valence-corrected chi connectivity index (χ0v) is 31.2. The largest absolute Gasteiger partial charge is 0.477 e. The number of likely N-dealkylation sites (N-methyl/N-ethyl adjacent to an activating group) is 1. The number of carboxylic acid groups (broad SMARTS) is 1. The van der Waals surface area contributed by atoms with Gasteiger partial charge in [0.2, 0.25) is 0 Å². The van der Waals surface area contributed by atoms with Gasteiger partial charge >= 0.3 is 17.9 Å². The number of hydrogen-bond acceptors (Lipinski definition) is 6. The molecule has 0 heterocycles. The van der Waals surface area contributed by atoms with E-state index in [1.165, 1.54) is 38.5 Å². The number of carbonyl (C=O) groups excluding carboxylic acids is 2. The number of allylic oxidation sites excluding steroid dienone is 8. The first kappa shape index (κ1) is 45.3. The third kappa shape index (κ3) is 29.4. The number of ether oxygens (including phenoxy) is 3. The quantitative estimate of drug-likeness (QED) is 0.0328. The molecular weight excluding hydrogens is 606 g/mol. The van der Waals surface area contributed by atoms with Crippen LogP contribution in [0.25, 0.3) is 0 Å². The monoisotopic (exact) mass is 677 g/mol. The number of carbonyl (C=O) groups is 3. The average molecular weight is 677 g/mol. The number of aliphatic carboxylic acids is 1. The molecule has 0 spiro atoms. The predicted molar refractivity (Wildman–Crippen MR) is 197 cm³/mol. The summed E-state index contributed by atoms with van der Waals surface area (Å²) in [4.78, 5) is 36.7. The minimum atomic E-state index is -0.884. The van der Waals surface area contributed by atoms with Crippen molar-refractivity contribution in [2.75, 3.05) is 41.0 Å². The van der Waals surface area contributed by atoms with E-state index in [9.17, 15) is 19.5 Å². The van der Waals surface area contributed by atoms with Crippen molar-refractivity contribution in [3.05, 3.63) is 48.6 Å². The Labute approximate surface area is 293 Å². The van der Waals surface area contributed by atoms with Crippen molar-refractivity contribution >= 4 is 17.9 Å². The van der Waals surface area contributed by atoms with Crippen LogP contribution in [-0.2, 0) is 28.6 Å². The normalized spacial score (nSPS) is 13.6. The fourth-order valence-electron chi connectivity index (χ4n) is 5.08. The van der Waals surface area contributed by atoms with E-state index in [-0.39, 0.29) is 42.7 Å². The molecule has 0 aliphatic heterocycles. The van der Waals surface area contributed by atoms with Crippen molar-refractivity contribution in [3.63, 3.8) is 0 Å². The second kappa shape index (κ2) is 31.6. The molecule has 0 fully saturated rings. The van der Waals surface area contributed by atoms with Gasteiger partial charge in [0.1, 0.15) is 6.61 Å². The molecule has 0 bridgehead atoms. The van der Waals surface area contributed by atoms with Crippen molar-refractivity contribution in [1.82, 2.24) is 0 Å². The van der Waals surface area contributed by atoms with E-state index in [0.29, 0.717) is 19.3 Å². The zero-order chi connectivity index (χ0) is 35.7. The second-order valence-electron chi connectivity index (χ2n) is 13.5. The van der Waals surface area contributed by atoms with Crippen molar-refractivity contribution in [3.8, 4) is 0 Å². The lowest BCUT2D eigenvalue weighted by Crippen LogP contribution is -2.50. The Balaban J connectivity index is 4.52. The van der Waals surface area contributed by atoms with Crippen LogP contribution in [0.1, 0.15) is 136 Å². The first-order valence-corrected chi connectivity index (χ1v) is 18.7. The molecule has 0 aromatic rings. The smallest absolute Gasteiger partial charge is 0.362 e. The highest BCUT2D eigenvalue weighted by molar-refractivity contribution is 5.72. The predicted octanol–water partition coefficient (Wildman–Crippen LogP) is 9.29. The first-order chi connectivity index (χ1) is 23.1. The van der Waals surface area contributed by atoms with Crippen molar-refractivity contribution in [2.24, 2.45) is 0 Å². The van der Waals surface area contributed by atoms with Gasteiger partial charge in [0.15, 0.2) is 12.1 Å². The maximum absolute atomic E-state index is 12.6. The fraction of sp³-hybridized carbons (Fsp3) is 0.725. The SMILES string of the molecule is CC/C=C\C/C=C\C/C=C\C/C=C\CCCCC(=O)OC(COCCC(C(=O)O)[N+](C)(C)C)COC(=O)CCCCCCCCCCC. The Bertz CT molecular complexity index is 932. The fourth-order valence-corrected chi connectivity index (χ4v) is 5.08. The average Bonchev–Trinajstić information content (AvgIpc) is 3.03. The number of rotatable bonds is 32. The lowest BCUT2D eigenvalue weighted by atomic mass is 10.1. The maximum Gasteiger partial charge on any atom is 0.362 e. The molecule has 0 aromatic heterocycles. The van der Waals surface area contributed by atoms with Gasteiger partial charge in [-0.1, -0.05) is 114 Å². The van der Waals surface area contributed by atoms with Gasteiger partial charge in [0.25, 0.3) is 0 Å². The number of quaternary nitrogens is 1. The standard InChI is InChI=1S/C40H69NO7/c1-6-8-10-12-14-16-17-18-19-20-21-23-25-27-29-31-39(43)48-36(34-46-33-32-37(40(44)45)41(3,4)5)35-47-38(42)30-28-26-24-22-15-13-11-9-7-2/h8,10,14,16,18-19,21,23,36-37H,6-7,9,11-13,15,17,20,22,24-35H2,1-5H3/p+1/b10-8-,16-14-,19-18-,23-21-. The Morgan fingerprint density at radius 3 is 1.73 bits per heavy atom. The number of nitrogens with zero attached hydrogens (tertiary/aromatic N) is 1. The molecule has 0 rings (SSSR count). The molecule has 276 valence electrons. The van der Waals surface area contributed by atoms with Crippen LogP contribution in [0.5, 0.6) is 0 Å².